The number of anilines is 2. The Hall–Kier alpha value is -6.39. The molecule has 10 rings (SSSR count). The lowest BCUT2D eigenvalue weighted by atomic mass is 9.89. The molecule has 2 aliphatic heterocycles. The topological polar surface area (TPSA) is 32.6 Å². The monoisotopic (exact) mass is 642 g/mol. The Morgan fingerprint density at radius 2 is 1.24 bits per heavy atom. The lowest BCUT2D eigenvalue weighted by molar-refractivity contribution is 0.476. The van der Waals surface area contributed by atoms with Gasteiger partial charge in [0, 0.05) is 45.7 Å². The number of para-hydroxylation sites is 3. The van der Waals surface area contributed by atoms with E-state index in [9.17, 15) is 0 Å². The van der Waals surface area contributed by atoms with Gasteiger partial charge in [0.25, 0.3) is 0 Å². The zero-order valence-electron chi connectivity index (χ0n) is 27.4. The first kappa shape index (κ1) is 28.6. The maximum Gasteiger partial charge on any atom is 0.201 e. The number of aliphatic imine (C=N–C) groups is 1. The van der Waals surface area contributed by atoms with Crippen LogP contribution in [0.1, 0.15) is 34.2 Å². The summed E-state index contributed by atoms with van der Waals surface area (Å²) in [6, 6.07) is 58.6. The van der Waals surface area contributed by atoms with E-state index in [0.717, 1.165) is 29.0 Å². The first-order chi connectivity index (χ1) is 24.8. The molecule has 0 amide bonds. The first-order valence-electron chi connectivity index (χ1n) is 17.3. The van der Waals surface area contributed by atoms with Crippen LogP contribution in [0.15, 0.2) is 175 Å². The van der Waals surface area contributed by atoms with E-state index in [1.165, 1.54) is 55.8 Å². The molecule has 1 N–H and O–H groups in total. The van der Waals surface area contributed by atoms with Crippen LogP contribution in [-0.4, -0.2) is 16.3 Å². The summed E-state index contributed by atoms with van der Waals surface area (Å²) >= 11 is 0. The SMILES string of the molecule is C1=C(c2cccc(-c3ccccc3)c2)NC(n2c3c(c4ccccc42)C=C2c4ccccc4N(c4ccccc4)C2C3)N=C1c1ccccc1. The van der Waals surface area contributed by atoms with Gasteiger partial charge in [0.05, 0.1) is 17.3 Å². The van der Waals surface area contributed by atoms with Crippen LogP contribution in [0.3, 0.4) is 0 Å². The predicted octanol–water partition coefficient (Wildman–Crippen LogP) is 10.5. The van der Waals surface area contributed by atoms with Crippen molar-refractivity contribution in [3.63, 3.8) is 0 Å². The quantitative estimate of drug-likeness (QED) is 0.203. The van der Waals surface area contributed by atoms with Crippen molar-refractivity contribution < 1.29 is 0 Å². The van der Waals surface area contributed by atoms with E-state index >= 15 is 0 Å². The number of benzene rings is 6. The Balaban J connectivity index is 1.14. The van der Waals surface area contributed by atoms with Crippen LogP contribution in [0.4, 0.5) is 11.4 Å². The van der Waals surface area contributed by atoms with E-state index < -0.39 is 0 Å². The molecule has 0 bridgehead atoms. The Labute approximate surface area is 292 Å². The highest BCUT2D eigenvalue weighted by atomic mass is 15.3. The number of rotatable bonds is 5. The fourth-order valence-corrected chi connectivity index (χ4v) is 8.10. The van der Waals surface area contributed by atoms with E-state index in [2.05, 4.69) is 191 Å². The van der Waals surface area contributed by atoms with Crippen molar-refractivity contribution in [2.75, 3.05) is 4.90 Å². The van der Waals surface area contributed by atoms with Gasteiger partial charge in [-0.2, -0.15) is 0 Å². The molecular formula is C46H34N4. The molecule has 0 radical (unpaired) electrons. The third-order valence-corrected chi connectivity index (χ3v) is 10.3. The van der Waals surface area contributed by atoms with Gasteiger partial charge in [-0.05, 0) is 70.3 Å². The van der Waals surface area contributed by atoms with Gasteiger partial charge in [0.2, 0.25) is 6.29 Å². The van der Waals surface area contributed by atoms with Crippen LogP contribution in [0.5, 0.6) is 0 Å². The van der Waals surface area contributed by atoms with Crippen LogP contribution in [0.2, 0.25) is 0 Å². The molecule has 0 saturated heterocycles. The Morgan fingerprint density at radius 3 is 2.06 bits per heavy atom. The Morgan fingerprint density at radius 1 is 0.580 bits per heavy atom. The molecule has 1 aliphatic carbocycles. The maximum atomic E-state index is 5.47. The number of nitrogens with one attached hydrogen (secondary N) is 1. The summed E-state index contributed by atoms with van der Waals surface area (Å²) < 4.78 is 2.46. The molecule has 3 aliphatic rings. The molecule has 1 aromatic heterocycles. The molecule has 2 atom stereocenters. The number of allylic oxidation sites excluding steroid dienone is 1. The van der Waals surface area contributed by atoms with Gasteiger partial charge >= 0.3 is 0 Å². The molecule has 3 heterocycles. The van der Waals surface area contributed by atoms with Gasteiger partial charge in [-0.15, -0.1) is 0 Å². The fourth-order valence-electron chi connectivity index (χ4n) is 8.10. The van der Waals surface area contributed by atoms with E-state index in [-0.39, 0.29) is 12.3 Å². The highest BCUT2D eigenvalue weighted by Crippen LogP contribution is 2.50. The number of fused-ring (bicyclic) bond motifs is 6. The first-order valence-corrected chi connectivity index (χ1v) is 17.3. The minimum absolute atomic E-state index is 0.170. The van der Waals surface area contributed by atoms with E-state index in [1.807, 2.05) is 0 Å². The largest absolute Gasteiger partial charge is 0.346 e. The molecule has 0 spiro atoms. The zero-order chi connectivity index (χ0) is 33.0. The molecule has 6 aromatic carbocycles. The normalized spacial score (nSPS) is 17.6. The number of hydrogen-bond acceptors (Lipinski definition) is 3. The van der Waals surface area contributed by atoms with Crippen molar-refractivity contribution in [2.45, 2.75) is 18.8 Å². The van der Waals surface area contributed by atoms with Gasteiger partial charge in [-0.3, -0.25) is 0 Å². The third-order valence-electron chi connectivity index (χ3n) is 10.3. The van der Waals surface area contributed by atoms with E-state index in [0.29, 0.717) is 0 Å². The second kappa shape index (κ2) is 11.6. The van der Waals surface area contributed by atoms with E-state index in [4.69, 9.17) is 4.99 Å². The third kappa shape index (κ3) is 4.64. The van der Waals surface area contributed by atoms with Crippen LogP contribution >= 0.6 is 0 Å². The van der Waals surface area contributed by atoms with Crippen molar-refractivity contribution in [1.82, 2.24) is 9.88 Å². The molecular weight excluding hydrogens is 609 g/mol. The second-order valence-electron chi connectivity index (χ2n) is 13.2. The van der Waals surface area contributed by atoms with Crippen molar-refractivity contribution in [2.24, 2.45) is 4.99 Å². The summed E-state index contributed by atoms with van der Waals surface area (Å²) in [5.74, 6) is 0. The van der Waals surface area contributed by atoms with Crippen molar-refractivity contribution in [1.29, 1.82) is 0 Å². The molecule has 238 valence electrons. The van der Waals surface area contributed by atoms with E-state index in [1.54, 1.807) is 0 Å². The summed E-state index contributed by atoms with van der Waals surface area (Å²) in [6.45, 7) is 0. The fraction of sp³-hybridized carbons (Fsp3) is 0.0652. The van der Waals surface area contributed by atoms with Crippen molar-refractivity contribution in [3.8, 4) is 11.1 Å². The smallest absolute Gasteiger partial charge is 0.201 e. The maximum absolute atomic E-state index is 5.47. The van der Waals surface area contributed by atoms with Gasteiger partial charge in [0.1, 0.15) is 0 Å². The molecule has 0 fully saturated rings. The Bertz CT molecular complexity index is 2490. The standard InChI is InChI=1S/C46H34N4/c1-4-15-31(16-5-1)33-19-14-20-34(27-33)41-29-40(32-17-6-2-7-18-32)47-46(48-41)50-43-26-13-11-24-37(43)39-28-38-36-23-10-12-25-42(36)49(44(38)30-45(39)50)35-21-8-3-9-22-35/h1-29,44,46,48H,30H2. The number of aromatic nitrogens is 1. The molecule has 7 aromatic rings. The van der Waals surface area contributed by atoms with Crippen LogP contribution in [0, 0.1) is 0 Å². The summed E-state index contributed by atoms with van der Waals surface area (Å²) in [6.07, 6.45) is 5.17. The Kier molecular flexibility index (Phi) is 6.66. The summed E-state index contributed by atoms with van der Waals surface area (Å²) in [4.78, 5) is 8.00. The van der Waals surface area contributed by atoms with Crippen LogP contribution in [0.25, 0.3) is 39.4 Å². The zero-order valence-corrected chi connectivity index (χ0v) is 27.4. The van der Waals surface area contributed by atoms with Gasteiger partial charge in [0.15, 0.2) is 0 Å². The highest BCUT2D eigenvalue weighted by Gasteiger charge is 2.40. The molecule has 50 heavy (non-hydrogen) atoms. The highest BCUT2D eigenvalue weighted by molar-refractivity contribution is 6.13. The van der Waals surface area contributed by atoms with Crippen molar-refractivity contribution in [3.05, 3.63) is 198 Å². The number of nitrogens with zero attached hydrogens (tertiary/aromatic N) is 3. The lowest BCUT2D eigenvalue weighted by Crippen LogP contribution is -2.34. The summed E-state index contributed by atoms with van der Waals surface area (Å²) in [7, 11) is 0. The average Bonchev–Trinajstić information content (AvgIpc) is 3.70. The van der Waals surface area contributed by atoms with Crippen molar-refractivity contribution >= 4 is 45.3 Å². The minimum Gasteiger partial charge on any atom is -0.346 e. The molecule has 4 nitrogen and oxygen atoms in total. The van der Waals surface area contributed by atoms with Gasteiger partial charge in [-0.25, -0.2) is 4.99 Å². The summed E-state index contributed by atoms with van der Waals surface area (Å²) in [5, 5.41) is 5.17. The second-order valence-corrected chi connectivity index (χ2v) is 13.2. The number of hydrogen-bond donors (Lipinski definition) is 1. The predicted molar refractivity (Wildman–Crippen MR) is 207 cm³/mol. The molecule has 0 saturated carbocycles. The molecule has 4 heteroatoms. The van der Waals surface area contributed by atoms with Crippen LogP contribution < -0.4 is 10.2 Å². The minimum atomic E-state index is -0.344. The van der Waals surface area contributed by atoms with Crippen LogP contribution in [-0.2, 0) is 6.42 Å². The molecule has 2 unspecified atom stereocenters. The lowest BCUT2D eigenvalue weighted by Gasteiger charge is -2.33. The summed E-state index contributed by atoms with van der Waals surface area (Å²) in [5.41, 5.74) is 15.6. The van der Waals surface area contributed by atoms with Gasteiger partial charge < -0.3 is 14.8 Å². The average molecular weight is 643 g/mol. The van der Waals surface area contributed by atoms with Gasteiger partial charge in [-0.1, -0.05) is 133 Å².